The second-order valence-electron chi connectivity index (χ2n) is 5.28. The van der Waals surface area contributed by atoms with E-state index in [4.69, 9.17) is 9.15 Å². The molecular formula is C14H22N2O3. The van der Waals surface area contributed by atoms with E-state index >= 15 is 0 Å². The molecule has 106 valence electrons. The molecule has 1 fully saturated rings. The second kappa shape index (κ2) is 6.59. The third-order valence-corrected chi connectivity index (χ3v) is 3.58. The molecule has 0 radical (unpaired) electrons. The van der Waals surface area contributed by atoms with Gasteiger partial charge in [-0.2, -0.15) is 4.98 Å². The van der Waals surface area contributed by atoms with Gasteiger partial charge in [-0.05, 0) is 31.6 Å². The van der Waals surface area contributed by atoms with Gasteiger partial charge in [0.25, 0.3) is 6.01 Å². The Hall–Kier alpha value is -1.52. The highest BCUT2D eigenvalue weighted by Crippen LogP contribution is 2.28. The molecule has 2 rings (SSSR count). The van der Waals surface area contributed by atoms with Crippen molar-refractivity contribution in [1.82, 2.24) is 4.98 Å². The van der Waals surface area contributed by atoms with Gasteiger partial charge in [-0.25, -0.2) is 4.79 Å². The van der Waals surface area contributed by atoms with Crippen molar-refractivity contribution in [1.29, 1.82) is 0 Å². The zero-order chi connectivity index (χ0) is 13.7. The van der Waals surface area contributed by atoms with E-state index in [1.807, 2.05) is 0 Å². The van der Waals surface area contributed by atoms with Crippen molar-refractivity contribution in [2.45, 2.75) is 39.5 Å². The van der Waals surface area contributed by atoms with Crippen molar-refractivity contribution in [2.24, 2.45) is 11.8 Å². The number of carbonyl (C=O) groups is 1. The molecule has 2 atom stereocenters. The minimum Gasteiger partial charge on any atom is -0.461 e. The number of hydrogen-bond donors (Lipinski definition) is 1. The molecule has 2 unspecified atom stereocenters. The van der Waals surface area contributed by atoms with Crippen LogP contribution in [0, 0.1) is 11.8 Å². The van der Waals surface area contributed by atoms with E-state index < -0.39 is 5.97 Å². The third-order valence-electron chi connectivity index (χ3n) is 3.58. The minimum absolute atomic E-state index is 0.223. The highest BCUT2D eigenvalue weighted by atomic mass is 16.5. The Balaban J connectivity index is 1.81. The average molecular weight is 266 g/mol. The fourth-order valence-electron chi connectivity index (χ4n) is 2.63. The average Bonchev–Trinajstić information content (AvgIpc) is 2.86. The normalized spacial score (nSPS) is 23.1. The molecular weight excluding hydrogens is 244 g/mol. The molecule has 0 aromatic carbocycles. The van der Waals surface area contributed by atoms with Gasteiger partial charge in [0.1, 0.15) is 6.26 Å². The van der Waals surface area contributed by atoms with Crippen LogP contribution >= 0.6 is 0 Å². The Kier molecular flexibility index (Phi) is 4.82. The van der Waals surface area contributed by atoms with Crippen molar-refractivity contribution >= 4 is 12.0 Å². The Morgan fingerprint density at radius 1 is 1.58 bits per heavy atom. The summed E-state index contributed by atoms with van der Waals surface area (Å²) in [5.74, 6) is 1.03. The molecule has 19 heavy (non-hydrogen) atoms. The molecule has 1 aliphatic rings. The zero-order valence-electron chi connectivity index (χ0n) is 11.6. The van der Waals surface area contributed by atoms with E-state index in [-0.39, 0.29) is 5.69 Å². The Morgan fingerprint density at radius 3 is 3.16 bits per heavy atom. The van der Waals surface area contributed by atoms with Crippen LogP contribution in [0.1, 0.15) is 50.0 Å². The van der Waals surface area contributed by atoms with Crippen molar-refractivity contribution < 1.29 is 13.9 Å². The summed E-state index contributed by atoms with van der Waals surface area (Å²) < 4.78 is 10.1. The first-order valence-corrected chi connectivity index (χ1v) is 7.05. The van der Waals surface area contributed by atoms with Gasteiger partial charge in [0, 0.05) is 6.54 Å². The van der Waals surface area contributed by atoms with Crippen LogP contribution in [0.2, 0.25) is 0 Å². The first-order chi connectivity index (χ1) is 9.19. The van der Waals surface area contributed by atoms with E-state index in [0.29, 0.717) is 18.5 Å². The minimum atomic E-state index is -0.439. The fraction of sp³-hybridized carbons (Fsp3) is 0.714. The number of rotatable bonds is 5. The summed E-state index contributed by atoms with van der Waals surface area (Å²) in [6, 6.07) is 0.404. The third kappa shape index (κ3) is 3.98. The van der Waals surface area contributed by atoms with Gasteiger partial charge in [-0.3, -0.25) is 0 Å². The standard InChI is InChI=1S/C14H22N2O3/c1-3-18-13(17)12-9-19-14(16-12)15-8-11-6-4-5-10(2)7-11/h9-11H,3-8H2,1-2H3,(H,15,16). The molecule has 0 aliphatic heterocycles. The number of ether oxygens (including phenoxy) is 1. The van der Waals surface area contributed by atoms with E-state index in [0.717, 1.165) is 12.5 Å². The lowest BCUT2D eigenvalue weighted by Crippen LogP contribution is -2.21. The smallest absolute Gasteiger partial charge is 0.360 e. The molecule has 1 aromatic heterocycles. The molecule has 5 heteroatoms. The SMILES string of the molecule is CCOC(=O)c1coc(NCC2CCCC(C)C2)n1. The Morgan fingerprint density at radius 2 is 2.42 bits per heavy atom. The van der Waals surface area contributed by atoms with Crippen LogP contribution in [-0.2, 0) is 4.74 Å². The van der Waals surface area contributed by atoms with Gasteiger partial charge < -0.3 is 14.5 Å². The van der Waals surface area contributed by atoms with Crippen molar-refractivity contribution in [3.63, 3.8) is 0 Å². The van der Waals surface area contributed by atoms with Crippen molar-refractivity contribution in [3.8, 4) is 0 Å². The summed E-state index contributed by atoms with van der Waals surface area (Å²) in [5.41, 5.74) is 0.223. The molecule has 0 spiro atoms. The highest BCUT2D eigenvalue weighted by molar-refractivity contribution is 5.87. The predicted molar refractivity (Wildman–Crippen MR) is 72.1 cm³/mol. The zero-order valence-corrected chi connectivity index (χ0v) is 11.6. The van der Waals surface area contributed by atoms with E-state index in [1.54, 1.807) is 6.92 Å². The lowest BCUT2D eigenvalue weighted by Gasteiger charge is -2.26. The summed E-state index contributed by atoms with van der Waals surface area (Å²) in [4.78, 5) is 15.5. The maximum absolute atomic E-state index is 11.4. The topological polar surface area (TPSA) is 64.4 Å². The maximum atomic E-state index is 11.4. The fourth-order valence-corrected chi connectivity index (χ4v) is 2.63. The number of esters is 1. The monoisotopic (exact) mass is 266 g/mol. The van der Waals surface area contributed by atoms with Gasteiger partial charge in [0.05, 0.1) is 6.61 Å². The largest absolute Gasteiger partial charge is 0.461 e. The first kappa shape index (κ1) is 13.9. The quantitative estimate of drug-likeness (QED) is 0.830. The lowest BCUT2D eigenvalue weighted by molar-refractivity contribution is 0.0519. The molecule has 1 saturated carbocycles. The van der Waals surface area contributed by atoms with Crippen LogP contribution in [0.3, 0.4) is 0 Å². The van der Waals surface area contributed by atoms with Crippen LogP contribution in [0.25, 0.3) is 0 Å². The number of oxazole rings is 1. The van der Waals surface area contributed by atoms with Gasteiger partial charge in [0.2, 0.25) is 0 Å². The number of anilines is 1. The molecule has 1 heterocycles. The van der Waals surface area contributed by atoms with E-state index in [2.05, 4.69) is 17.2 Å². The van der Waals surface area contributed by atoms with E-state index in [9.17, 15) is 4.79 Å². The molecule has 1 aromatic rings. The number of nitrogens with one attached hydrogen (secondary N) is 1. The van der Waals surface area contributed by atoms with Gasteiger partial charge >= 0.3 is 5.97 Å². The van der Waals surface area contributed by atoms with Crippen LogP contribution < -0.4 is 5.32 Å². The van der Waals surface area contributed by atoms with Crippen molar-refractivity contribution in [2.75, 3.05) is 18.5 Å². The number of carbonyl (C=O) groups excluding carboxylic acids is 1. The van der Waals surface area contributed by atoms with Gasteiger partial charge in [-0.1, -0.05) is 19.8 Å². The van der Waals surface area contributed by atoms with Gasteiger partial charge in [0.15, 0.2) is 5.69 Å². The first-order valence-electron chi connectivity index (χ1n) is 7.05. The summed E-state index contributed by atoms with van der Waals surface area (Å²) in [5, 5.41) is 3.17. The van der Waals surface area contributed by atoms with Crippen LogP contribution in [0.15, 0.2) is 10.7 Å². The predicted octanol–water partition coefficient (Wildman–Crippen LogP) is 3.09. The molecule has 0 saturated heterocycles. The maximum Gasteiger partial charge on any atom is 0.360 e. The summed E-state index contributed by atoms with van der Waals surface area (Å²) in [7, 11) is 0. The van der Waals surface area contributed by atoms with Crippen LogP contribution in [0.5, 0.6) is 0 Å². The summed E-state index contributed by atoms with van der Waals surface area (Å²) in [6.45, 7) is 5.26. The highest BCUT2D eigenvalue weighted by Gasteiger charge is 2.19. The second-order valence-corrected chi connectivity index (χ2v) is 5.28. The van der Waals surface area contributed by atoms with Crippen LogP contribution in [0.4, 0.5) is 6.01 Å². The molecule has 1 N–H and O–H groups in total. The Labute approximate surface area is 113 Å². The lowest BCUT2D eigenvalue weighted by atomic mass is 9.82. The molecule has 0 amide bonds. The Bertz CT molecular complexity index is 417. The summed E-state index contributed by atoms with van der Waals surface area (Å²) in [6.07, 6.45) is 6.47. The molecule has 5 nitrogen and oxygen atoms in total. The summed E-state index contributed by atoms with van der Waals surface area (Å²) >= 11 is 0. The van der Waals surface area contributed by atoms with Crippen LogP contribution in [-0.4, -0.2) is 24.1 Å². The van der Waals surface area contributed by atoms with Gasteiger partial charge in [-0.15, -0.1) is 0 Å². The number of nitrogens with zero attached hydrogens (tertiary/aromatic N) is 1. The number of hydrogen-bond acceptors (Lipinski definition) is 5. The molecule has 1 aliphatic carbocycles. The number of aromatic nitrogens is 1. The van der Waals surface area contributed by atoms with Crippen molar-refractivity contribution in [3.05, 3.63) is 12.0 Å². The molecule has 0 bridgehead atoms. The van der Waals surface area contributed by atoms with E-state index in [1.165, 1.54) is 31.9 Å².